The van der Waals surface area contributed by atoms with Gasteiger partial charge in [-0.1, -0.05) is 31.9 Å². The van der Waals surface area contributed by atoms with Crippen LogP contribution in [0.5, 0.6) is 0 Å². The molecule has 0 radical (unpaired) electrons. The highest BCUT2D eigenvalue weighted by molar-refractivity contribution is 5.99. The van der Waals surface area contributed by atoms with Crippen molar-refractivity contribution in [2.75, 3.05) is 6.61 Å². The van der Waals surface area contributed by atoms with Gasteiger partial charge in [-0.2, -0.15) is 13.2 Å². The first-order valence-electron chi connectivity index (χ1n) is 10.9. The lowest BCUT2D eigenvalue weighted by Gasteiger charge is -2.37. The Morgan fingerprint density at radius 3 is 2.16 bits per heavy atom. The van der Waals surface area contributed by atoms with Crippen LogP contribution in [0.15, 0.2) is 46.8 Å². The highest BCUT2D eigenvalue weighted by Gasteiger charge is 2.44. The van der Waals surface area contributed by atoms with Crippen LogP contribution in [0.1, 0.15) is 69.9 Å². The number of carbonyl (C=O) groups is 2. The highest BCUT2D eigenvalue weighted by Crippen LogP contribution is 2.46. The SMILES string of the molecule is CCCCCOC(=O)C1=C(C)N(C2CC2)C(C)=C(C(=O)O)C1c1ccc(C(F)(F)F)cc1. The van der Waals surface area contributed by atoms with E-state index in [1.807, 2.05) is 11.8 Å². The number of benzene rings is 1. The van der Waals surface area contributed by atoms with Crippen LogP contribution in [0, 0.1) is 0 Å². The molecule has 0 saturated heterocycles. The summed E-state index contributed by atoms with van der Waals surface area (Å²) in [6.45, 7) is 5.67. The van der Waals surface area contributed by atoms with Crippen molar-refractivity contribution in [2.24, 2.45) is 0 Å². The normalized spacial score (nSPS) is 19.4. The number of carbonyl (C=O) groups excluding carboxylic acids is 1. The summed E-state index contributed by atoms with van der Waals surface area (Å²) in [5.41, 5.74) is 0.743. The third-order valence-corrected chi connectivity index (χ3v) is 5.99. The van der Waals surface area contributed by atoms with Crippen LogP contribution in [-0.4, -0.2) is 34.6 Å². The molecule has 2 aliphatic rings. The third kappa shape index (κ3) is 4.84. The zero-order chi connectivity index (χ0) is 23.6. The molecule has 0 spiro atoms. The quantitative estimate of drug-likeness (QED) is 0.410. The van der Waals surface area contributed by atoms with Crippen LogP contribution in [0.4, 0.5) is 13.2 Å². The van der Waals surface area contributed by atoms with E-state index in [1.165, 1.54) is 12.1 Å². The van der Waals surface area contributed by atoms with E-state index < -0.39 is 29.6 Å². The molecule has 1 aromatic rings. The fraction of sp³-hybridized carbons (Fsp3) is 0.500. The topological polar surface area (TPSA) is 66.8 Å². The minimum Gasteiger partial charge on any atom is -0.478 e. The van der Waals surface area contributed by atoms with Crippen molar-refractivity contribution < 1.29 is 32.6 Å². The number of carboxylic acid groups (broad SMARTS) is 1. The van der Waals surface area contributed by atoms with Gasteiger partial charge in [0.1, 0.15) is 0 Å². The van der Waals surface area contributed by atoms with Gasteiger partial charge in [0.05, 0.1) is 29.2 Å². The Bertz CT molecular complexity index is 943. The third-order valence-electron chi connectivity index (χ3n) is 5.99. The largest absolute Gasteiger partial charge is 0.478 e. The number of carboxylic acids is 1. The van der Waals surface area contributed by atoms with Gasteiger partial charge in [0.15, 0.2) is 0 Å². The molecular weight excluding hydrogens is 423 g/mol. The van der Waals surface area contributed by atoms with Gasteiger partial charge in [-0.15, -0.1) is 0 Å². The number of nitrogens with zero attached hydrogens (tertiary/aromatic N) is 1. The summed E-state index contributed by atoms with van der Waals surface area (Å²) in [5.74, 6) is -2.84. The van der Waals surface area contributed by atoms with Crippen molar-refractivity contribution in [3.63, 3.8) is 0 Å². The number of unbranched alkanes of at least 4 members (excludes halogenated alkanes) is 2. The lowest BCUT2D eigenvalue weighted by Crippen LogP contribution is -2.36. The smallest absolute Gasteiger partial charge is 0.416 e. The van der Waals surface area contributed by atoms with Gasteiger partial charge in [-0.05, 0) is 50.8 Å². The number of allylic oxidation sites excluding steroid dienone is 2. The van der Waals surface area contributed by atoms with Crippen LogP contribution in [0.2, 0.25) is 0 Å². The maximum absolute atomic E-state index is 13.1. The molecule has 5 nitrogen and oxygen atoms in total. The predicted molar refractivity (Wildman–Crippen MR) is 113 cm³/mol. The second-order valence-corrected chi connectivity index (χ2v) is 8.30. The first-order chi connectivity index (χ1) is 15.1. The molecule has 1 unspecified atom stereocenters. The van der Waals surface area contributed by atoms with E-state index in [-0.39, 0.29) is 23.8 Å². The van der Waals surface area contributed by atoms with E-state index in [0.717, 1.165) is 37.8 Å². The Kier molecular flexibility index (Phi) is 7.00. The van der Waals surface area contributed by atoms with E-state index in [9.17, 15) is 27.9 Å². The van der Waals surface area contributed by atoms with E-state index >= 15 is 0 Å². The maximum atomic E-state index is 13.1. The number of rotatable bonds is 8. The minimum atomic E-state index is -4.51. The zero-order valence-corrected chi connectivity index (χ0v) is 18.5. The molecule has 0 aromatic heterocycles. The van der Waals surface area contributed by atoms with Gasteiger partial charge in [-0.3, -0.25) is 0 Å². The van der Waals surface area contributed by atoms with Gasteiger partial charge < -0.3 is 14.7 Å². The van der Waals surface area contributed by atoms with Crippen molar-refractivity contribution in [3.8, 4) is 0 Å². The number of ether oxygens (including phenoxy) is 1. The molecular formula is C24H28F3NO4. The molecule has 1 aliphatic carbocycles. The first-order valence-corrected chi connectivity index (χ1v) is 10.9. The molecule has 1 heterocycles. The van der Waals surface area contributed by atoms with Crippen LogP contribution in [0.3, 0.4) is 0 Å². The van der Waals surface area contributed by atoms with Crippen LogP contribution in [0.25, 0.3) is 0 Å². The summed E-state index contributed by atoms with van der Waals surface area (Å²) in [7, 11) is 0. The maximum Gasteiger partial charge on any atom is 0.416 e. The van der Waals surface area contributed by atoms with Gasteiger partial charge in [0, 0.05) is 17.4 Å². The lowest BCUT2D eigenvalue weighted by atomic mass is 9.79. The molecule has 32 heavy (non-hydrogen) atoms. The van der Waals surface area contributed by atoms with E-state index in [2.05, 4.69) is 0 Å². The molecule has 1 saturated carbocycles. The van der Waals surface area contributed by atoms with Gasteiger partial charge >= 0.3 is 18.1 Å². The summed E-state index contributed by atoms with van der Waals surface area (Å²) in [4.78, 5) is 27.3. The van der Waals surface area contributed by atoms with Crippen molar-refractivity contribution >= 4 is 11.9 Å². The van der Waals surface area contributed by atoms with E-state index in [4.69, 9.17) is 4.74 Å². The minimum absolute atomic E-state index is 0.0113. The van der Waals surface area contributed by atoms with E-state index in [0.29, 0.717) is 23.4 Å². The number of hydrogen-bond acceptors (Lipinski definition) is 4. The second kappa shape index (κ2) is 9.38. The average molecular weight is 451 g/mol. The summed E-state index contributed by atoms with van der Waals surface area (Å²) in [6.07, 6.45) is -0.222. The molecule has 3 rings (SSSR count). The number of hydrogen-bond donors (Lipinski definition) is 1. The Morgan fingerprint density at radius 2 is 1.66 bits per heavy atom. The average Bonchev–Trinajstić information content (AvgIpc) is 3.55. The fourth-order valence-electron chi connectivity index (χ4n) is 4.29. The van der Waals surface area contributed by atoms with Crippen molar-refractivity contribution in [1.29, 1.82) is 0 Å². The molecule has 1 aromatic carbocycles. The number of alkyl halides is 3. The first kappa shape index (κ1) is 23.9. The van der Waals surface area contributed by atoms with Crippen molar-refractivity contribution in [2.45, 2.75) is 71.0 Å². The summed E-state index contributed by atoms with van der Waals surface area (Å²) < 4.78 is 44.6. The second-order valence-electron chi connectivity index (χ2n) is 8.30. The lowest BCUT2D eigenvalue weighted by molar-refractivity contribution is -0.140. The van der Waals surface area contributed by atoms with Gasteiger partial charge in [0.2, 0.25) is 0 Å². The van der Waals surface area contributed by atoms with E-state index in [1.54, 1.807) is 13.8 Å². The molecule has 0 amide bonds. The Labute approximate surface area is 185 Å². The molecule has 0 bridgehead atoms. The summed E-state index contributed by atoms with van der Waals surface area (Å²) >= 11 is 0. The van der Waals surface area contributed by atoms with Crippen molar-refractivity contribution in [1.82, 2.24) is 4.90 Å². The van der Waals surface area contributed by atoms with Crippen molar-refractivity contribution in [3.05, 3.63) is 57.9 Å². The standard InChI is InChI=1S/C24H28F3NO4/c1-4-5-6-13-32-23(31)20-15(3)28(18-11-12-18)14(2)19(22(29)30)21(20)16-7-9-17(10-8-16)24(25,26)27/h7-10,18,21H,4-6,11-13H2,1-3H3,(H,29,30). The predicted octanol–water partition coefficient (Wildman–Crippen LogP) is 5.63. The fourth-order valence-corrected chi connectivity index (χ4v) is 4.29. The van der Waals surface area contributed by atoms with Crippen LogP contribution >= 0.6 is 0 Å². The number of halogens is 3. The van der Waals surface area contributed by atoms with Gasteiger partial charge in [0.25, 0.3) is 0 Å². The van der Waals surface area contributed by atoms with Crippen LogP contribution in [-0.2, 0) is 20.5 Å². The number of esters is 1. The highest BCUT2D eigenvalue weighted by atomic mass is 19.4. The molecule has 1 N–H and O–H groups in total. The zero-order valence-electron chi connectivity index (χ0n) is 18.5. The molecule has 1 aliphatic heterocycles. The number of aliphatic carboxylic acids is 1. The monoisotopic (exact) mass is 451 g/mol. The molecule has 1 atom stereocenters. The Balaban J connectivity index is 2.08. The Hall–Kier alpha value is -2.77. The Morgan fingerprint density at radius 1 is 1.06 bits per heavy atom. The summed E-state index contributed by atoms with van der Waals surface area (Å²) in [6, 6.07) is 4.43. The molecule has 174 valence electrons. The molecule has 8 heteroatoms. The van der Waals surface area contributed by atoms with Gasteiger partial charge in [-0.25, -0.2) is 9.59 Å². The molecule has 1 fully saturated rings. The van der Waals surface area contributed by atoms with Crippen LogP contribution < -0.4 is 0 Å². The summed E-state index contributed by atoms with van der Waals surface area (Å²) in [5, 5.41) is 10.0.